The first-order valence-electron chi connectivity index (χ1n) is 7.27. The van der Waals surface area contributed by atoms with E-state index in [2.05, 4.69) is 5.32 Å². The van der Waals surface area contributed by atoms with Gasteiger partial charge < -0.3 is 23.9 Å². The van der Waals surface area contributed by atoms with Crippen LogP contribution in [0.25, 0.3) is 0 Å². The number of hydrogen-bond acceptors (Lipinski definition) is 7. The average molecular weight is 347 g/mol. The monoisotopic (exact) mass is 347 g/mol. The third kappa shape index (κ3) is 4.84. The lowest BCUT2D eigenvalue weighted by Crippen LogP contribution is -2.31. The quantitative estimate of drug-likeness (QED) is 0.569. The number of carbonyl (C=O) groups excluding carboxylic acids is 3. The Hall–Kier alpha value is -3.29. The predicted molar refractivity (Wildman–Crippen MR) is 85.9 cm³/mol. The van der Waals surface area contributed by atoms with Gasteiger partial charge in [-0.1, -0.05) is 0 Å². The number of Topliss-reactive ketones (excluding diaryl/α,β-unsaturated/α-hetero) is 1. The fraction of sp³-hybridized carbons (Fsp3) is 0.235. The highest BCUT2D eigenvalue weighted by molar-refractivity contribution is 5.99. The highest BCUT2D eigenvalue weighted by Gasteiger charge is 2.15. The Balaban J connectivity index is 1.83. The Bertz CT molecular complexity index is 752. The van der Waals surface area contributed by atoms with Crippen LogP contribution in [0.15, 0.2) is 41.0 Å². The molecule has 8 heteroatoms. The number of furan rings is 1. The second-order valence-corrected chi connectivity index (χ2v) is 4.81. The Labute approximate surface area is 143 Å². The standard InChI is InChI=1S/C17H17NO7/c1-22-13-6-5-11(8-15(13)23-2)12(19)10-25-16(20)9-18-17(21)14-4-3-7-24-14/h3-8H,9-10H2,1-2H3,(H,18,21). The van der Waals surface area contributed by atoms with E-state index in [4.69, 9.17) is 18.6 Å². The molecule has 0 aliphatic rings. The van der Waals surface area contributed by atoms with Crippen LogP contribution in [0.4, 0.5) is 0 Å². The van der Waals surface area contributed by atoms with Crippen molar-refractivity contribution in [2.45, 2.75) is 0 Å². The molecule has 132 valence electrons. The molecule has 2 aromatic rings. The van der Waals surface area contributed by atoms with Gasteiger partial charge in [0, 0.05) is 5.56 Å². The summed E-state index contributed by atoms with van der Waals surface area (Å²) in [4.78, 5) is 35.3. The molecular weight excluding hydrogens is 330 g/mol. The number of hydrogen-bond donors (Lipinski definition) is 1. The SMILES string of the molecule is COc1ccc(C(=O)COC(=O)CNC(=O)c2ccco2)cc1OC. The maximum atomic E-state index is 12.1. The van der Waals surface area contributed by atoms with Crippen molar-refractivity contribution in [3.63, 3.8) is 0 Å². The van der Waals surface area contributed by atoms with Crippen molar-refractivity contribution in [1.29, 1.82) is 0 Å². The number of benzene rings is 1. The van der Waals surface area contributed by atoms with Crippen LogP contribution in [-0.4, -0.2) is 45.0 Å². The third-order valence-corrected chi connectivity index (χ3v) is 3.21. The zero-order chi connectivity index (χ0) is 18.2. The zero-order valence-corrected chi connectivity index (χ0v) is 13.7. The van der Waals surface area contributed by atoms with Crippen molar-refractivity contribution in [3.8, 4) is 11.5 Å². The molecule has 0 saturated carbocycles. The van der Waals surface area contributed by atoms with E-state index in [9.17, 15) is 14.4 Å². The van der Waals surface area contributed by atoms with Crippen molar-refractivity contribution in [2.24, 2.45) is 0 Å². The smallest absolute Gasteiger partial charge is 0.325 e. The third-order valence-electron chi connectivity index (χ3n) is 3.21. The summed E-state index contributed by atoms with van der Waals surface area (Å²) >= 11 is 0. The molecule has 25 heavy (non-hydrogen) atoms. The van der Waals surface area contributed by atoms with Crippen LogP contribution in [0, 0.1) is 0 Å². The summed E-state index contributed by atoms with van der Waals surface area (Å²) in [5.41, 5.74) is 0.310. The minimum atomic E-state index is -0.742. The van der Waals surface area contributed by atoms with Crippen LogP contribution in [0.1, 0.15) is 20.9 Å². The van der Waals surface area contributed by atoms with Crippen molar-refractivity contribution in [2.75, 3.05) is 27.4 Å². The van der Waals surface area contributed by atoms with E-state index in [0.717, 1.165) is 0 Å². The highest BCUT2D eigenvalue weighted by Crippen LogP contribution is 2.27. The molecule has 0 aliphatic carbocycles. The summed E-state index contributed by atoms with van der Waals surface area (Å²) in [5, 5.41) is 2.33. The molecule has 2 rings (SSSR count). The summed E-state index contributed by atoms with van der Waals surface area (Å²) in [6.07, 6.45) is 1.34. The highest BCUT2D eigenvalue weighted by atomic mass is 16.5. The van der Waals surface area contributed by atoms with Gasteiger partial charge in [0.25, 0.3) is 5.91 Å². The molecule has 1 heterocycles. The van der Waals surface area contributed by atoms with Crippen LogP contribution in [0.5, 0.6) is 11.5 Å². The van der Waals surface area contributed by atoms with Gasteiger partial charge in [0.15, 0.2) is 29.6 Å². The van der Waals surface area contributed by atoms with Gasteiger partial charge in [-0.25, -0.2) is 0 Å². The molecule has 0 bridgehead atoms. The van der Waals surface area contributed by atoms with Gasteiger partial charge in [0.1, 0.15) is 6.54 Å². The number of ether oxygens (including phenoxy) is 3. The molecule has 1 N–H and O–H groups in total. The second kappa shape index (κ2) is 8.53. The minimum Gasteiger partial charge on any atom is -0.493 e. The normalized spacial score (nSPS) is 10.0. The van der Waals surface area contributed by atoms with Gasteiger partial charge >= 0.3 is 5.97 Å². The minimum absolute atomic E-state index is 0.0780. The van der Waals surface area contributed by atoms with Gasteiger partial charge in [-0.05, 0) is 30.3 Å². The molecule has 0 radical (unpaired) electrons. The maximum absolute atomic E-state index is 12.1. The van der Waals surface area contributed by atoms with Crippen molar-refractivity contribution in [1.82, 2.24) is 5.32 Å². The van der Waals surface area contributed by atoms with Crippen LogP contribution in [0.3, 0.4) is 0 Å². The number of esters is 1. The lowest BCUT2D eigenvalue weighted by Gasteiger charge is -2.09. The van der Waals surface area contributed by atoms with Gasteiger partial charge in [-0.15, -0.1) is 0 Å². The van der Waals surface area contributed by atoms with Crippen molar-refractivity contribution in [3.05, 3.63) is 47.9 Å². The first kappa shape index (κ1) is 18.1. The number of rotatable bonds is 8. The number of ketones is 1. The lowest BCUT2D eigenvalue weighted by atomic mass is 10.1. The van der Waals surface area contributed by atoms with Crippen LogP contribution >= 0.6 is 0 Å². The molecule has 0 aliphatic heterocycles. The Kier molecular flexibility index (Phi) is 6.16. The zero-order valence-electron chi connectivity index (χ0n) is 13.7. The summed E-state index contributed by atoms with van der Waals surface area (Å²) < 4.78 is 19.9. The van der Waals surface area contributed by atoms with E-state index in [1.165, 1.54) is 38.7 Å². The molecule has 8 nitrogen and oxygen atoms in total. The number of carbonyl (C=O) groups is 3. The molecule has 0 saturated heterocycles. The van der Waals surface area contributed by atoms with Gasteiger partial charge in [-0.3, -0.25) is 14.4 Å². The average Bonchev–Trinajstić information content (AvgIpc) is 3.18. The Morgan fingerprint density at radius 1 is 1.08 bits per heavy atom. The van der Waals surface area contributed by atoms with Crippen LogP contribution < -0.4 is 14.8 Å². The van der Waals surface area contributed by atoms with E-state index in [1.807, 2.05) is 0 Å². The van der Waals surface area contributed by atoms with E-state index in [0.29, 0.717) is 17.1 Å². The first-order valence-corrected chi connectivity index (χ1v) is 7.27. The Morgan fingerprint density at radius 2 is 1.84 bits per heavy atom. The van der Waals surface area contributed by atoms with Crippen LogP contribution in [0.2, 0.25) is 0 Å². The molecule has 1 aromatic carbocycles. The lowest BCUT2D eigenvalue weighted by molar-refractivity contribution is -0.141. The maximum Gasteiger partial charge on any atom is 0.325 e. The molecule has 0 unspecified atom stereocenters. The van der Waals surface area contributed by atoms with Gasteiger partial charge in [0.05, 0.1) is 20.5 Å². The Morgan fingerprint density at radius 3 is 2.48 bits per heavy atom. The number of methoxy groups -OCH3 is 2. The van der Waals surface area contributed by atoms with E-state index >= 15 is 0 Å². The fourth-order valence-electron chi connectivity index (χ4n) is 1.94. The van der Waals surface area contributed by atoms with Crippen LogP contribution in [-0.2, 0) is 9.53 Å². The topological polar surface area (TPSA) is 104 Å². The summed E-state index contributed by atoms with van der Waals surface area (Å²) in [5.74, 6) is -0.746. The number of nitrogens with one attached hydrogen (secondary N) is 1. The van der Waals surface area contributed by atoms with E-state index in [-0.39, 0.29) is 12.3 Å². The largest absolute Gasteiger partial charge is 0.493 e. The van der Waals surface area contributed by atoms with Gasteiger partial charge in [-0.2, -0.15) is 0 Å². The van der Waals surface area contributed by atoms with Crippen molar-refractivity contribution >= 4 is 17.7 Å². The second-order valence-electron chi connectivity index (χ2n) is 4.81. The molecule has 0 fully saturated rings. The molecule has 1 aromatic heterocycles. The van der Waals surface area contributed by atoms with Gasteiger partial charge in [0.2, 0.25) is 0 Å². The summed E-state index contributed by atoms with van der Waals surface area (Å²) in [7, 11) is 2.94. The van der Waals surface area contributed by atoms with E-state index < -0.39 is 24.3 Å². The number of amides is 1. The first-order chi connectivity index (χ1) is 12.0. The summed E-state index contributed by atoms with van der Waals surface area (Å²) in [6, 6.07) is 7.62. The fourth-order valence-corrected chi connectivity index (χ4v) is 1.94. The molecule has 0 atom stereocenters. The van der Waals surface area contributed by atoms with Crippen molar-refractivity contribution < 1.29 is 33.0 Å². The molecule has 0 spiro atoms. The predicted octanol–water partition coefficient (Wildman–Crippen LogP) is 1.45. The molecular formula is C17H17NO7. The summed E-state index contributed by atoms with van der Waals surface area (Å²) in [6.45, 7) is -0.830. The van der Waals surface area contributed by atoms with E-state index in [1.54, 1.807) is 12.1 Å². The molecule has 1 amide bonds.